The highest BCUT2D eigenvalue weighted by atomic mass is 32.2. The van der Waals surface area contributed by atoms with E-state index in [-0.39, 0.29) is 22.9 Å². The van der Waals surface area contributed by atoms with Crippen molar-refractivity contribution in [2.45, 2.75) is 36.6 Å². The fourth-order valence-corrected chi connectivity index (χ4v) is 4.29. The molecule has 30 heavy (non-hydrogen) atoms. The lowest BCUT2D eigenvalue weighted by molar-refractivity contribution is -0.141. The second-order valence-corrected chi connectivity index (χ2v) is 7.96. The molecule has 0 saturated carbocycles. The summed E-state index contributed by atoms with van der Waals surface area (Å²) in [6, 6.07) is 6.43. The van der Waals surface area contributed by atoms with Crippen molar-refractivity contribution in [1.82, 2.24) is 14.9 Å². The van der Waals surface area contributed by atoms with E-state index in [9.17, 15) is 18.0 Å². The fourth-order valence-electron chi connectivity index (χ4n) is 3.58. The minimum absolute atomic E-state index is 0.0254. The zero-order chi connectivity index (χ0) is 21.1. The van der Waals surface area contributed by atoms with Crippen LogP contribution in [-0.2, 0) is 11.0 Å². The maximum atomic E-state index is 12.8. The van der Waals surface area contributed by atoms with Gasteiger partial charge in [0, 0.05) is 19.2 Å². The second kappa shape index (κ2) is 8.71. The van der Waals surface area contributed by atoms with Crippen molar-refractivity contribution in [3.05, 3.63) is 41.7 Å². The van der Waals surface area contributed by atoms with Crippen molar-refractivity contribution < 1.29 is 27.4 Å². The number of thioether (sulfide) groups is 1. The third-order valence-corrected chi connectivity index (χ3v) is 5.82. The van der Waals surface area contributed by atoms with E-state index in [1.54, 1.807) is 4.90 Å². The normalized spacial score (nSPS) is 18.9. The summed E-state index contributed by atoms with van der Waals surface area (Å²) in [5.41, 5.74) is -0.0517. The Labute approximate surface area is 175 Å². The third-order valence-electron chi connectivity index (χ3n) is 4.98. The van der Waals surface area contributed by atoms with E-state index in [0.717, 1.165) is 48.9 Å². The first-order valence-corrected chi connectivity index (χ1v) is 10.6. The topological polar surface area (TPSA) is 64.6 Å². The number of nitrogens with zero attached hydrogens (tertiary/aromatic N) is 3. The van der Waals surface area contributed by atoms with Crippen LogP contribution >= 0.6 is 11.8 Å². The predicted octanol–water partition coefficient (Wildman–Crippen LogP) is 4.11. The number of aromatic nitrogens is 2. The Kier molecular flexibility index (Phi) is 6.03. The van der Waals surface area contributed by atoms with Crippen LogP contribution in [-0.4, -0.2) is 46.3 Å². The molecule has 0 unspecified atom stereocenters. The molecule has 1 saturated heterocycles. The zero-order valence-corrected chi connectivity index (χ0v) is 16.8. The fraction of sp³-hybridized carbons (Fsp3) is 0.450. The van der Waals surface area contributed by atoms with Gasteiger partial charge in [0.2, 0.25) is 5.91 Å². The van der Waals surface area contributed by atoms with Gasteiger partial charge in [0.1, 0.15) is 5.69 Å². The summed E-state index contributed by atoms with van der Waals surface area (Å²) in [6.07, 6.45) is -1.00. The predicted molar refractivity (Wildman–Crippen MR) is 103 cm³/mol. The van der Waals surface area contributed by atoms with Gasteiger partial charge in [0.15, 0.2) is 16.7 Å². The third kappa shape index (κ3) is 4.63. The molecule has 1 amide bonds. The van der Waals surface area contributed by atoms with Crippen molar-refractivity contribution in [2.75, 3.05) is 25.5 Å². The molecule has 2 aromatic rings. The number of rotatable bonds is 4. The zero-order valence-electron chi connectivity index (χ0n) is 16.0. The van der Waals surface area contributed by atoms with Crippen LogP contribution in [0.5, 0.6) is 11.5 Å². The van der Waals surface area contributed by atoms with Gasteiger partial charge in [-0.2, -0.15) is 13.2 Å². The van der Waals surface area contributed by atoms with Crippen LogP contribution < -0.4 is 9.47 Å². The summed E-state index contributed by atoms with van der Waals surface area (Å²) in [5.74, 6) is 1.19. The molecule has 0 aliphatic carbocycles. The summed E-state index contributed by atoms with van der Waals surface area (Å²) in [4.78, 5) is 21.9. The van der Waals surface area contributed by atoms with Crippen LogP contribution in [0.25, 0.3) is 0 Å². The average Bonchev–Trinajstić information content (AvgIpc) is 3.10. The van der Waals surface area contributed by atoms with E-state index in [1.807, 2.05) is 18.2 Å². The number of benzene rings is 1. The highest BCUT2D eigenvalue weighted by molar-refractivity contribution is 7.99. The van der Waals surface area contributed by atoms with Gasteiger partial charge >= 0.3 is 6.18 Å². The van der Waals surface area contributed by atoms with E-state index < -0.39 is 11.9 Å². The van der Waals surface area contributed by atoms with Crippen molar-refractivity contribution in [3.8, 4) is 11.5 Å². The number of halogens is 3. The molecule has 160 valence electrons. The molecule has 2 aliphatic heterocycles. The Morgan fingerprint density at radius 3 is 2.77 bits per heavy atom. The van der Waals surface area contributed by atoms with Crippen LogP contribution in [0, 0.1) is 0 Å². The van der Waals surface area contributed by atoms with Gasteiger partial charge in [0.05, 0.1) is 25.0 Å². The molecule has 1 fully saturated rings. The van der Waals surface area contributed by atoms with Crippen LogP contribution in [0.1, 0.15) is 36.6 Å². The molecule has 0 radical (unpaired) electrons. The van der Waals surface area contributed by atoms with E-state index in [2.05, 4.69) is 9.97 Å². The van der Waals surface area contributed by atoms with Gasteiger partial charge in [-0.15, -0.1) is 0 Å². The van der Waals surface area contributed by atoms with Crippen LogP contribution in [0.15, 0.2) is 35.6 Å². The van der Waals surface area contributed by atoms with Gasteiger partial charge in [-0.05, 0) is 36.6 Å². The minimum atomic E-state index is -4.54. The maximum Gasteiger partial charge on any atom is 0.433 e. The maximum absolute atomic E-state index is 12.8. The molecule has 2 aliphatic rings. The Bertz CT molecular complexity index is 926. The smallest absolute Gasteiger partial charge is 0.433 e. The summed E-state index contributed by atoms with van der Waals surface area (Å²) in [5, 5.41) is -0.0653. The standard InChI is InChI=1S/C20H20F3N3O3S/c21-20(22,23)17-6-7-24-19(25-17)30-12-18(27)26-8-1-3-14(26)13-4-5-15-16(11-13)29-10-2-9-28-15/h4-7,11,14H,1-3,8-10,12H2/t14-/m1/s1. The summed E-state index contributed by atoms with van der Waals surface area (Å²) < 4.78 is 49.8. The molecule has 1 atom stereocenters. The molecule has 0 N–H and O–H groups in total. The van der Waals surface area contributed by atoms with E-state index in [1.165, 1.54) is 0 Å². The number of carbonyl (C=O) groups excluding carboxylic acids is 1. The van der Waals surface area contributed by atoms with Gasteiger partial charge < -0.3 is 14.4 Å². The Balaban J connectivity index is 1.44. The number of hydrogen-bond acceptors (Lipinski definition) is 6. The Hall–Kier alpha value is -2.49. The van der Waals surface area contributed by atoms with Crippen molar-refractivity contribution in [3.63, 3.8) is 0 Å². The summed E-state index contributed by atoms with van der Waals surface area (Å²) in [6.45, 7) is 1.79. The Morgan fingerprint density at radius 1 is 1.17 bits per heavy atom. The number of ether oxygens (including phenoxy) is 2. The molecule has 0 spiro atoms. The quantitative estimate of drug-likeness (QED) is 0.528. The lowest BCUT2D eigenvalue weighted by atomic mass is 10.0. The molecule has 1 aromatic carbocycles. The lowest BCUT2D eigenvalue weighted by Gasteiger charge is -2.25. The molecular weight excluding hydrogens is 419 g/mol. The molecule has 4 rings (SSSR count). The van der Waals surface area contributed by atoms with Crippen molar-refractivity contribution in [2.24, 2.45) is 0 Å². The number of carbonyl (C=O) groups is 1. The molecule has 1 aromatic heterocycles. The largest absolute Gasteiger partial charge is 0.490 e. The lowest BCUT2D eigenvalue weighted by Crippen LogP contribution is -2.32. The van der Waals surface area contributed by atoms with Crippen LogP contribution in [0.2, 0.25) is 0 Å². The molecule has 0 bridgehead atoms. The van der Waals surface area contributed by atoms with Crippen LogP contribution in [0.4, 0.5) is 13.2 Å². The van der Waals surface area contributed by atoms with Crippen molar-refractivity contribution in [1.29, 1.82) is 0 Å². The van der Waals surface area contributed by atoms with Gasteiger partial charge in [-0.3, -0.25) is 4.79 Å². The SMILES string of the molecule is O=C(CSc1nccc(C(F)(F)F)n1)N1CCC[C@@H]1c1ccc2c(c1)OCCCO2. The highest BCUT2D eigenvalue weighted by Gasteiger charge is 2.33. The van der Waals surface area contributed by atoms with E-state index in [4.69, 9.17) is 9.47 Å². The summed E-state index contributed by atoms with van der Waals surface area (Å²) in [7, 11) is 0. The van der Waals surface area contributed by atoms with Gasteiger partial charge in [0.25, 0.3) is 0 Å². The summed E-state index contributed by atoms with van der Waals surface area (Å²) >= 11 is 0.910. The first-order chi connectivity index (χ1) is 14.4. The number of amides is 1. The van der Waals surface area contributed by atoms with Gasteiger partial charge in [-0.25, -0.2) is 9.97 Å². The van der Waals surface area contributed by atoms with Crippen molar-refractivity contribution >= 4 is 17.7 Å². The second-order valence-electron chi connectivity index (χ2n) is 7.01. The first-order valence-electron chi connectivity index (χ1n) is 9.64. The van der Waals surface area contributed by atoms with E-state index >= 15 is 0 Å². The Morgan fingerprint density at radius 2 is 1.97 bits per heavy atom. The molecule has 6 nitrogen and oxygen atoms in total. The number of likely N-dealkylation sites (tertiary alicyclic amines) is 1. The molecular formula is C20H20F3N3O3S. The first kappa shape index (κ1) is 20.8. The number of hydrogen-bond donors (Lipinski definition) is 0. The van der Waals surface area contributed by atoms with E-state index in [0.29, 0.717) is 31.3 Å². The number of alkyl halides is 3. The molecule has 3 heterocycles. The minimum Gasteiger partial charge on any atom is -0.490 e. The van der Waals surface area contributed by atoms with Gasteiger partial charge in [-0.1, -0.05) is 17.8 Å². The average molecular weight is 439 g/mol. The molecule has 10 heteroatoms. The number of fused-ring (bicyclic) bond motifs is 1. The highest BCUT2D eigenvalue weighted by Crippen LogP contribution is 2.38. The monoisotopic (exact) mass is 439 g/mol. The van der Waals surface area contributed by atoms with Crippen LogP contribution in [0.3, 0.4) is 0 Å².